The van der Waals surface area contributed by atoms with E-state index in [1.165, 1.54) is 17.0 Å². The van der Waals surface area contributed by atoms with Gasteiger partial charge in [-0.05, 0) is 55.0 Å². The van der Waals surface area contributed by atoms with E-state index in [0.29, 0.717) is 12.1 Å². The molecule has 0 saturated carbocycles. The molecule has 0 fully saturated rings. The van der Waals surface area contributed by atoms with Gasteiger partial charge < -0.3 is 0 Å². The van der Waals surface area contributed by atoms with Crippen molar-refractivity contribution >= 4 is 21.8 Å². The SMILES string of the molecule is Cc1cc(F)ccc1S(=O)(=O)NCCCSc1ccccc1. The van der Waals surface area contributed by atoms with Crippen LogP contribution >= 0.6 is 11.8 Å². The van der Waals surface area contributed by atoms with Crippen molar-refractivity contribution in [2.45, 2.75) is 23.1 Å². The molecule has 0 unspecified atom stereocenters. The van der Waals surface area contributed by atoms with Crippen LogP contribution in [0.2, 0.25) is 0 Å². The molecule has 0 aromatic heterocycles. The van der Waals surface area contributed by atoms with Crippen molar-refractivity contribution in [3.8, 4) is 0 Å². The lowest BCUT2D eigenvalue weighted by atomic mass is 10.2. The van der Waals surface area contributed by atoms with Crippen molar-refractivity contribution < 1.29 is 12.8 Å². The molecular formula is C16H18FNO2S2. The first-order valence-electron chi connectivity index (χ1n) is 6.93. The highest BCUT2D eigenvalue weighted by molar-refractivity contribution is 7.99. The summed E-state index contributed by atoms with van der Waals surface area (Å²) >= 11 is 1.69. The molecule has 2 aromatic rings. The minimum atomic E-state index is -3.58. The van der Waals surface area contributed by atoms with E-state index in [1.54, 1.807) is 18.7 Å². The Balaban J connectivity index is 1.83. The van der Waals surface area contributed by atoms with Crippen molar-refractivity contribution in [3.63, 3.8) is 0 Å². The van der Waals surface area contributed by atoms with E-state index in [0.717, 1.165) is 18.2 Å². The molecule has 2 rings (SSSR count). The molecule has 0 aliphatic heterocycles. The standard InChI is InChI=1S/C16H18FNO2S2/c1-13-12-14(17)8-9-16(13)22(19,20)18-10-5-11-21-15-6-3-2-4-7-15/h2-4,6-9,12,18H,5,10-11H2,1H3. The second-order valence-electron chi connectivity index (χ2n) is 4.82. The van der Waals surface area contributed by atoms with Crippen LogP contribution in [-0.4, -0.2) is 20.7 Å². The molecule has 0 radical (unpaired) electrons. The molecule has 2 aromatic carbocycles. The average Bonchev–Trinajstić information content (AvgIpc) is 2.47. The predicted molar refractivity (Wildman–Crippen MR) is 88.1 cm³/mol. The molecule has 22 heavy (non-hydrogen) atoms. The van der Waals surface area contributed by atoms with Gasteiger partial charge in [-0.2, -0.15) is 0 Å². The molecule has 118 valence electrons. The number of hydrogen-bond acceptors (Lipinski definition) is 3. The normalized spacial score (nSPS) is 11.5. The minimum Gasteiger partial charge on any atom is -0.211 e. The quantitative estimate of drug-likeness (QED) is 0.619. The number of benzene rings is 2. The lowest BCUT2D eigenvalue weighted by Crippen LogP contribution is -2.25. The first-order valence-corrected chi connectivity index (χ1v) is 9.39. The van der Waals surface area contributed by atoms with Crippen LogP contribution in [0.4, 0.5) is 4.39 Å². The number of nitrogens with one attached hydrogen (secondary N) is 1. The molecule has 0 heterocycles. The van der Waals surface area contributed by atoms with Gasteiger partial charge >= 0.3 is 0 Å². The third-order valence-electron chi connectivity index (χ3n) is 3.05. The van der Waals surface area contributed by atoms with Gasteiger partial charge in [0.2, 0.25) is 10.0 Å². The summed E-state index contributed by atoms with van der Waals surface area (Å²) in [5, 5.41) is 0. The summed E-state index contributed by atoms with van der Waals surface area (Å²) in [6, 6.07) is 13.6. The summed E-state index contributed by atoms with van der Waals surface area (Å²) in [5.74, 6) is 0.394. The van der Waals surface area contributed by atoms with E-state index in [1.807, 2.05) is 30.3 Å². The second kappa shape index (κ2) is 7.76. The Morgan fingerprint density at radius 3 is 2.55 bits per heavy atom. The Morgan fingerprint density at radius 2 is 1.86 bits per heavy atom. The smallest absolute Gasteiger partial charge is 0.211 e. The highest BCUT2D eigenvalue weighted by Crippen LogP contribution is 2.18. The molecule has 1 N–H and O–H groups in total. The van der Waals surface area contributed by atoms with Crippen molar-refractivity contribution in [1.29, 1.82) is 0 Å². The predicted octanol–water partition coefficient (Wildman–Crippen LogP) is 3.59. The van der Waals surface area contributed by atoms with Gasteiger partial charge in [-0.3, -0.25) is 0 Å². The van der Waals surface area contributed by atoms with E-state index >= 15 is 0 Å². The fourth-order valence-electron chi connectivity index (χ4n) is 1.98. The van der Waals surface area contributed by atoms with Crippen molar-refractivity contribution in [3.05, 3.63) is 59.9 Å². The summed E-state index contributed by atoms with van der Waals surface area (Å²) in [7, 11) is -3.58. The monoisotopic (exact) mass is 339 g/mol. The lowest BCUT2D eigenvalue weighted by molar-refractivity contribution is 0.579. The van der Waals surface area contributed by atoms with Gasteiger partial charge in [-0.25, -0.2) is 17.5 Å². The molecule has 0 bridgehead atoms. The lowest BCUT2D eigenvalue weighted by Gasteiger charge is -2.09. The topological polar surface area (TPSA) is 46.2 Å². The van der Waals surface area contributed by atoms with Crippen molar-refractivity contribution in [2.75, 3.05) is 12.3 Å². The van der Waals surface area contributed by atoms with E-state index in [4.69, 9.17) is 0 Å². The summed E-state index contributed by atoms with van der Waals surface area (Å²) in [6.07, 6.45) is 0.721. The Morgan fingerprint density at radius 1 is 1.14 bits per heavy atom. The van der Waals surface area contributed by atoms with Gasteiger partial charge in [0.1, 0.15) is 5.82 Å². The van der Waals surface area contributed by atoms with Gasteiger partial charge in [0.05, 0.1) is 4.90 Å². The molecule has 0 aliphatic carbocycles. The van der Waals surface area contributed by atoms with E-state index in [-0.39, 0.29) is 4.90 Å². The van der Waals surface area contributed by atoms with Gasteiger partial charge in [0, 0.05) is 11.4 Å². The Labute approximate surface area is 135 Å². The van der Waals surface area contributed by atoms with Crippen LogP contribution in [0.3, 0.4) is 0 Å². The maximum Gasteiger partial charge on any atom is 0.240 e. The highest BCUT2D eigenvalue weighted by atomic mass is 32.2. The highest BCUT2D eigenvalue weighted by Gasteiger charge is 2.16. The molecule has 0 spiro atoms. The van der Waals surface area contributed by atoms with E-state index in [9.17, 15) is 12.8 Å². The van der Waals surface area contributed by atoms with E-state index < -0.39 is 15.8 Å². The van der Waals surface area contributed by atoms with Crippen LogP contribution in [-0.2, 0) is 10.0 Å². The minimum absolute atomic E-state index is 0.129. The third kappa shape index (κ3) is 4.83. The Bertz CT molecular complexity index is 718. The molecule has 3 nitrogen and oxygen atoms in total. The summed E-state index contributed by atoms with van der Waals surface area (Å²) in [5.41, 5.74) is 0.408. The Kier molecular flexibility index (Phi) is 5.99. The number of halogens is 1. The van der Waals surface area contributed by atoms with Gasteiger partial charge in [-0.15, -0.1) is 11.8 Å². The third-order valence-corrected chi connectivity index (χ3v) is 5.77. The summed E-state index contributed by atoms with van der Waals surface area (Å²) < 4.78 is 39.9. The van der Waals surface area contributed by atoms with Crippen molar-refractivity contribution in [2.24, 2.45) is 0 Å². The number of aryl methyl sites for hydroxylation is 1. The fourth-order valence-corrected chi connectivity index (χ4v) is 4.15. The zero-order valence-corrected chi connectivity index (χ0v) is 13.9. The Hall–Kier alpha value is -1.37. The van der Waals surface area contributed by atoms with Crippen LogP contribution in [0.15, 0.2) is 58.3 Å². The molecular weight excluding hydrogens is 321 g/mol. The molecule has 0 atom stereocenters. The number of rotatable bonds is 7. The van der Waals surface area contributed by atoms with Crippen LogP contribution in [0.25, 0.3) is 0 Å². The van der Waals surface area contributed by atoms with Crippen LogP contribution in [0.1, 0.15) is 12.0 Å². The van der Waals surface area contributed by atoms with Crippen molar-refractivity contribution in [1.82, 2.24) is 4.72 Å². The van der Waals surface area contributed by atoms with Crippen LogP contribution in [0, 0.1) is 12.7 Å². The average molecular weight is 339 g/mol. The summed E-state index contributed by atoms with van der Waals surface area (Å²) in [4.78, 5) is 1.30. The van der Waals surface area contributed by atoms with Gasteiger partial charge in [-0.1, -0.05) is 18.2 Å². The van der Waals surface area contributed by atoms with Gasteiger partial charge in [0.25, 0.3) is 0 Å². The maximum absolute atomic E-state index is 13.0. The molecule has 6 heteroatoms. The first-order chi connectivity index (χ1) is 10.5. The van der Waals surface area contributed by atoms with Crippen LogP contribution < -0.4 is 4.72 Å². The first kappa shape index (κ1) is 17.0. The van der Waals surface area contributed by atoms with Crippen LogP contribution in [0.5, 0.6) is 0 Å². The van der Waals surface area contributed by atoms with E-state index in [2.05, 4.69) is 4.72 Å². The number of hydrogen-bond donors (Lipinski definition) is 1. The zero-order valence-electron chi connectivity index (χ0n) is 12.3. The number of thioether (sulfide) groups is 1. The zero-order chi connectivity index (χ0) is 16.0. The second-order valence-corrected chi connectivity index (χ2v) is 7.73. The largest absolute Gasteiger partial charge is 0.240 e. The number of sulfonamides is 1. The van der Waals surface area contributed by atoms with Gasteiger partial charge in [0.15, 0.2) is 0 Å². The molecule has 0 aliphatic rings. The summed E-state index contributed by atoms with van der Waals surface area (Å²) in [6.45, 7) is 1.95. The maximum atomic E-state index is 13.0. The molecule has 0 saturated heterocycles. The fraction of sp³-hybridized carbons (Fsp3) is 0.250. The molecule has 0 amide bonds.